The molecule has 2 unspecified atom stereocenters. The van der Waals surface area contributed by atoms with Gasteiger partial charge in [0.05, 0.1) is 5.69 Å². The molecule has 1 saturated carbocycles. The number of rotatable bonds is 4. The molecule has 2 atom stereocenters. The maximum absolute atomic E-state index is 14.6. The summed E-state index contributed by atoms with van der Waals surface area (Å²) in [6.07, 6.45) is 4.50. The van der Waals surface area contributed by atoms with Crippen molar-refractivity contribution in [1.82, 2.24) is 24.7 Å². The molecule has 33 heavy (non-hydrogen) atoms. The SMILES string of the molecule is Cc1ncnc(N2CC3CCC(C2)C3Nc2nc3n(n2)CCCN3c2cccc(F)c2)c1F. The Balaban J connectivity index is 1.21. The van der Waals surface area contributed by atoms with Gasteiger partial charge >= 0.3 is 0 Å². The minimum absolute atomic E-state index is 0.235. The number of aromatic nitrogens is 5. The first kappa shape index (κ1) is 20.3. The second-order valence-corrected chi connectivity index (χ2v) is 9.21. The van der Waals surface area contributed by atoms with Crippen molar-refractivity contribution >= 4 is 23.4 Å². The Kier molecular flexibility index (Phi) is 4.88. The van der Waals surface area contributed by atoms with Crippen LogP contribution in [-0.2, 0) is 6.54 Å². The van der Waals surface area contributed by atoms with Crippen LogP contribution in [0.25, 0.3) is 0 Å². The van der Waals surface area contributed by atoms with E-state index in [0.717, 1.165) is 57.1 Å². The molecule has 2 bridgehead atoms. The van der Waals surface area contributed by atoms with Crippen LogP contribution in [0.3, 0.4) is 0 Å². The van der Waals surface area contributed by atoms with Gasteiger partial charge < -0.3 is 15.1 Å². The molecule has 0 spiro atoms. The normalized spacial score (nSPS) is 24.2. The summed E-state index contributed by atoms with van der Waals surface area (Å²) in [5, 5.41) is 8.29. The summed E-state index contributed by atoms with van der Waals surface area (Å²) >= 11 is 0. The van der Waals surface area contributed by atoms with E-state index >= 15 is 0 Å². The standard InChI is InChI=1S/C23H26F2N8/c1-14-19(25)21(27-13-26-14)31-11-15-6-7-16(12-31)20(15)28-22-29-23-32(8-3-9-33(23)30-22)18-5-2-4-17(24)10-18/h2,4-5,10,13,15-16,20H,3,6-9,11-12H2,1H3,(H,28,30). The van der Waals surface area contributed by atoms with E-state index in [2.05, 4.69) is 20.2 Å². The van der Waals surface area contributed by atoms with E-state index in [1.165, 1.54) is 18.5 Å². The summed E-state index contributed by atoms with van der Waals surface area (Å²) < 4.78 is 30.3. The van der Waals surface area contributed by atoms with Crippen molar-refractivity contribution < 1.29 is 8.78 Å². The van der Waals surface area contributed by atoms with Crippen molar-refractivity contribution in [3.05, 3.63) is 47.9 Å². The number of hydrogen-bond donors (Lipinski definition) is 1. The minimum Gasteiger partial charge on any atom is -0.353 e. The van der Waals surface area contributed by atoms with Gasteiger partial charge in [-0.2, -0.15) is 4.98 Å². The molecule has 10 heteroatoms. The zero-order valence-corrected chi connectivity index (χ0v) is 18.5. The summed E-state index contributed by atoms with van der Waals surface area (Å²) in [5.74, 6) is 1.87. The third kappa shape index (κ3) is 3.57. The van der Waals surface area contributed by atoms with Crippen molar-refractivity contribution in [2.24, 2.45) is 11.8 Å². The summed E-state index contributed by atoms with van der Waals surface area (Å²) in [6.45, 7) is 4.71. The Morgan fingerprint density at radius 3 is 2.67 bits per heavy atom. The Labute approximate surface area is 190 Å². The van der Waals surface area contributed by atoms with Crippen molar-refractivity contribution in [1.29, 1.82) is 0 Å². The van der Waals surface area contributed by atoms with E-state index in [1.807, 2.05) is 15.6 Å². The maximum atomic E-state index is 14.6. The molecule has 6 rings (SSSR count). The Morgan fingerprint density at radius 1 is 1.06 bits per heavy atom. The van der Waals surface area contributed by atoms with Gasteiger partial charge in [0.1, 0.15) is 12.1 Å². The first-order chi connectivity index (χ1) is 16.1. The van der Waals surface area contributed by atoms with E-state index in [0.29, 0.717) is 29.3 Å². The smallest absolute Gasteiger partial charge is 0.244 e. The van der Waals surface area contributed by atoms with Gasteiger partial charge in [-0.3, -0.25) is 0 Å². The number of nitrogens with one attached hydrogen (secondary N) is 1. The highest BCUT2D eigenvalue weighted by molar-refractivity contribution is 5.59. The molecule has 0 radical (unpaired) electrons. The van der Waals surface area contributed by atoms with Crippen molar-refractivity contribution in [2.45, 2.75) is 38.8 Å². The average molecular weight is 453 g/mol. The molecule has 1 aliphatic carbocycles. The first-order valence-corrected chi connectivity index (χ1v) is 11.5. The van der Waals surface area contributed by atoms with Crippen molar-refractivity contribution in [2.75, 3.05) is 34.8 Å². The second-order valence-electron chi connectivity index (χ2n) is 9.21. The number of hydrogen-bond acceptors (Lipinski definition) is 7. The van der Waals surface area contributed by atoms with E-state index in [-0.39, 0.29) is 17.7 Å². The van der Waals surface area contributed by atoms with Gasteiger partial charge in [0, 0.05) is 37.9 Å². The molecule has 1 aromatic carbocycles. The monoisotopic (exact) mass is 452 g/mol. The fourth-order valence-electron chi connectivity index (χ4n) is 5.56. The van der Waals surface area contributed by atoms with E-state index in [4.69, 9.17) is 10.1 Å². The lowest BCUT2D eigenvalue weighted by molar-refractivity contribution is 0.371. The van der Waals surface area contributed by atoms with Crippen LogP contribution >= 0.6 is 0 Å². The average Bonchev–Trinajstić information content (AvgIpc) is 3.31. The molecule has 8 nitrogen and oxygen atoms in total. The number of aryl methyl sites for hydroxylation is 2. The summed E-state index contributed by atoms with van der Waals surface area (Å²) in [7, 11) is 0. The largest absolute Gasteiger partial charge is 0.353 e. The molecule has 0 amide bonds. The van der Waals surface area contributed by atoms with Crippen LogP contribution in [0, 0.1) is 30.4 Å². The number of piperidine rings is 1. The van der Waals surface area contributed by atoms with Crippen LogP contribution in [0.5, 0.6) is 0 Å². The number of halogens is 2. The van der Waals surface area contributed by atoms with Crippen LogP contribution in [0.2, 0.25) is 0 Å². The minimum atomic E-state index is -0.329. The van der Waals surface area contributed by atoms with Crippen molar-refractivity contribution in [3.63, 3.8) is 0 Å². The lowest BCUT2D eigenvalue weighted by Gasteiger charge is -2.38. The molecule has 4 heterocycles. The molecular formula is C23H26F2N8. The topological polar surface area (TPSA) is 75.0 Å². The van der Waals surface area contributed by atoms with E-state index in [1.54, 1.807) is 13.0 Å². The lowest BCUT2D eigenvalue weighted by Crippen LogP contribution is -2.48. The first-order valence-electron chi connectivity index (χ1n) is 11.5. The molecule has 172 valence electrons. The van der Waals surface area contributed by atoms with Crippen molar-refractivity contribution in [3.8, 4) is 0 Å². The predicted molar refractivity (Wildman–Crippen MR) is 121 cm³/mol. The maximum Gasteiger partial charge on any atom is 0.244 e. The lowest BCUT2D eigenvalue weighted by atomic mass is 9.92. The quantitative estimate of drug-likeness (QED) is 0.649. The Morgan fingerprint density at radius 2 is 1.88 bits per heavy atom. The third-order valence-corrected chi connectivity index (χ3v) is 7.14. The molecule has 1 saturated heterocycles. The van der Waals surface area contributed by atoms with E-state index in [9.17, 15) is 8.78 Å². The highest BCUT2D eigenvalue weighted by atomic mass is 19.1. The zero-order chi connectivity index (χ0) is 22.5. The summed E-state index contributed by atoms with van der Waals surface area (Å²) in [4.78, 5) is 17.0. The van der Waals surface area contributed by atoms with Crippen LogP contribution < -0.4 is 15.1 Å². The molecular weight excluding hydrogens is 426 g/mol. The van der Waals surface area contributed by atoms with Gasteiger partial charge in [-0.25, -0.2) is 23.4 Å². The van der Waals surface area contributed by atoms with Crippen LogP contribution in [0.15, 0.2) is 30.6 Å². The van der Waals surface area contributed by atoms with Gasteiger partial charge in [0.2, 0.25) is 11.9 Å². The molecule has 2 aromatic heterocycles. The van der Waals surface area contributed by atoms with Gasteiger partial charge in [-0.1, -0.05) is 6.07 Å². The third-order valence-electron chi connectivity index (χ3n) is 7.14. The van der Waals surface area contributed by atoms with Gasteiger partial charge in [0.25, 0.3) is 0 Å². The Bertz CT molecular complexity index is 1170. The number of fused-ring (bicyclic) bond motifs is 3. The number of benzene rings is 1. The molecule has 1 N–H and O–H groups in total. The molecule has 3 aliphatic rings. The van der Waals surface area contributed by atoms with Crippen LogP contribution in [0.1, 0.15) is 25.0 Å². The van der Waals surface area contributed by atoms with Gasteiger partial charge in [0.15, 0.2) is 11.6 Å². The Hall–Kier alpha value is -3.30. The fourth-order valence-corrected chi connectivity index (χ4v) is 5.56. The second kappa shape index (κ2) is 7.93. The van der Waals surface area contributed by atoms with E-state index < -0.39 is 0 Å². The molecule has 2 aliphatic heterocycles. The molecule has 3 aromatic rings. The fraction of sp³-hybridized carbons (Fsp3) is 0.478. The predicted octanol–water partition coefficient (Wildman–Crippen LogP) is 3.52. The number of anilines is 4. The summed E-state index contributed by atoms with van der Waals surface area (Å²) in [5.41, 5.74) is 1.16. The van der Waals surface area contributed by atoms with Crippen LogP contribution in [-0.4, -0.2) is 50.4 Å². The highest BCUT2D eigenvalue weighted by Gasteiger charge is 2.43. The highest BCUT2D eigenvalue weighted by Crippen LogP contribution is 2.40. The number of nitrogens with zero attached hydrogens (tertiary/aromatic N) is 7. The summed E-state index contributed by atoms with van der Waals surface area (Å²) in [6, 6.07) is 6.82. The molecule has 2 fully saturated rings. The zero-order valence-electron chi connectivity index (χ0n) is 18.5. The van der Waals surface area contributed by atoms with Crippen LogP contribution in [0.4, 0.5) is 32.2 Å². The van der Waals surface area contributed by atoms with Gasteiger partial charge in [-0.05, 0) is 56.2 Å². The van der Waals surface area contributed by atoms with Gasteiger partial charge in [-0.15, -0.1) is 5.10 Å².